The molecule has 4 rings (SSSR count). The molecule has 1 heterocycles. The summed E-state index contributed by atoms with van der Waals surface area (Å²) in [5.41, 5.74) is 7.96. The molecule has 3 aromatic rings. The van der Waals surface area contributed by atoms with Crippen LogP contribution in [0.25, 0.3) is 5.69 Å². The molecular formula is C27H30N4. The molecule has 1 N–H and O–H groups in total. The van der Waals surface area contributed by atoms with E-state index in [0.29, 0.717) is 23.4 Å². The van der Waals surface area contributed by atoms with Crippen LogP contribution >= 0.6 is 0 Å². The van der Waals surface area contributed by atoms with Gasteiger partial charge in [-0.25, -0.2) is 4.68 Å². The summed E-state index contributed by atoms with van der Waals surface area (Å²) in [5, 5.41) is 17.6. The predicted molar refractivity (Wildman–Crippen MR) is 125 cm³/mol. The van der Waals surface area contributed by atoms with Crippen LogP contribution in [0.15, 0.2) is 60.7 Å². The molecule has 0 fully saturated rings. The van der Waals surface area contributed by atoms with Crippen LogP contribution < -0.4 is 5.32 Å². The molecule has 31 heavy (non-hydrogen) atoms. The molecular weight excluding hydrogens is 380 g/mol. The van der Waals surface area contributed by atoms with Crippen molar-refractivity contribution in [2.45, 2.75) is 58.5 Å². The molecule has 1 aliphatic carbocycles. The summed E-state index contributed by atoms with van der Waals surface area (Å²) >= 11 is 0. The van der Waals surface area contributed by atoms with Crippen LogP contribution in [-0.4, -0.2) is 15.8 Å². The first-order chi connectivity index (χ1) is 15.0. The number of aromatic nitrogens is 2. The molecule has 2 aromatic carbocycles. The number of hydrogen-bond acceptors (Lipinski definition) is 3. The Morgan fingerprint density at radius 2 is 1.90 bits per heavy atom. The second-order valence-corrected chi connectivity index (χ2v) is 8.77. The molecule has 0 spiro atoms. The third-order valence-electron chi connectivity index (χ3n) is 6.23. The van der Waals surface area contributed by atoms with Crippen LogP contribution in [0, 0.1) is 25.2 Å². The third kappa shape index (κ3) is 4.47. The minimum absolute atomic E-state index is 0.322. The average Bonchev–Trinajstić information content (AvgIpc) is 3.36. The van der Waals surface area contributed by atoms with Crippen molar-refractivity contribution in [3.8, 4) is 11.8 Å². The van der Waals surface area contributed by atoms with Gasteiger partial charge in [0.15, 0.2) is 0 Å². The van der Waals surface area contributed by atoms with Gasteiger partial charge < -0.3 is 5.32 Å². The summed E-state index contributed by atoms with van der Waals surface area (Å²) in [6, 6.07) is 19.1. The quantitative estimate of drug-likeness (QED) is 0.532. The lowest BCUT2D eigenvalue weighted by atomic mass is 9.95. The van der Waals surface area contributed by atoms with E-state index in [9.17, 15) is 0 Å². The molecule has 4 nitrogen and oxygen atoms in total. The van der Waals surface area contributed by atoms with Crippen molar-refractivity contribution in [1.82, 2.24) is 15.1 Å². The van der Waals surface area contributed by atoms with Crippen molar-refractivity contribution in [3.05, 3.63) is 94.3 Å². The lowest BCUT2D eigenvalue weighted by Crippen LogP contribution is -2.25. The highest BCUT2D eigenvalue weighted by molar-refractivity contribution is 5.42. The lowest BCUT2D eigenvalue weighted by Gasteiger charge is -2.15. The second kappa shape index (κ2) is 8.91. The molecule has 0 saturated carbocycles. The van der Waals surface area contributed by atoms with Gasteiger partial charge in [0, 0.05) is 29.8 Å². The van der Waals surface area contributed by atoms with E-state index in [-0.39, 0.29) is 0 Å². The van der Waals surface area contributed by atoms with Crippen molar-refractivity contribution in [2.75, 3.05) is 0 Å². The number of nitriles is 1. The van der Waals surface area contributed by atoms with Gasteiger partial charge in [0.25, 0.3) is 0 Å². The van der Waals surface area contributed by atoms with Crippen LogP contribution in [0.1, 0.15) is 65.7 Å². The van der Waals surface area contributed by atoms with Gasteiger partial charge in [0.2, 0.25) is 0 Å². The average molecular weight is 411 g/mol. The highest BCUT2D eigenvalue weighted by Gasteiger charge is 2.26. The first-order valence-corrected chi connectivity index (χ1v) is 11.0. The third-order valence-corrected chi connectivity index (χ3v) is 6.23. The van der Waals surface area contributed by atoms with Crippen molar-refractivity contribution < 1.29 is 0 Å². The van der Waals surface area contributed by atoms with Gasteiger partial charge in [-0.2, -0.15) is 10.4 Å². The van der Waals surface area contributed by atoms with E-state index in [1.807, 2.05) is 18.2 Å². The SMILES string of the molecule is Cc1nn(-c2ccc(C(C)C)cc2)c(C)c1C1C=CC(NCc2cccc(C#N)c2)C1. The lowest BCUT2D eigenvalue weighted by molar-refractivity contribution is 0.559. The Kier molecular flexibility index (Phi) is 6.06. The van der Waals surface area contributed by atoms with E-state index < -0.39 is 0 Å². The van der Waals surface area contributed by atoms with E-state index in [4.69, 9.17) is 10.4 Å². The second-order valence-electron chi connectivity index (χ2n) is 8.77. The number of benzene rings is 2. The number of nitrogens with one attached hydrogen (secondary N) is 1. The van der Waals surface area contributed by atoms with Crippen LogP contribution in [0.2, 0.25) is 0 Å². The van der Waals surface area contributed by atoms with E-state index in [2.05, 4.69) is 86.2 Å². The number of rotatable bonds is 6. The van der Waals surface area contributed by atoms with E-state index in [1.54, 1.807) is 0 Å². The Bertz CT molecular complexity index is 1130. The summed E-state index contributed by atoms with van der Waals surface area (Å²) in [4.78, 5) is 0. The normalized spacial score (nSPS) is 17.9. The van der Waals surface area contributed by atoms with Crippen LogP contribution in [0.5, 0.6) is 0 Å². The molecule has 1 aromatic heterocycles. The van der Waals surface area contributed by atoms with Crippen LogP contribution in [-0.2, 0) is 6.54 Å². The van der Waals surface area contributed by atoms with Gasteiger partial charge in [-0.1, -0.05) is 50.3 Å². The first kappa shape index (κ1) is 21.1. The zero-order chi connectivity index (χ0) is 22.0. The number of hydrogen-bond donors (Lipinski definition) is 1. The smallest absolute Gasteiger partial charge is 0.0991 e. The highest BCUT2D eigenvalue weighted by Crippen LogP contribution is 2.34. The summed E-state index contributed by atoms with van der Waals surface area (Å²) in [6.45, 7) is 9.48. The zero-order valence-corrected chi connectivity index (χ0v) is 18.8. The predicted octanol–water partition coefficient (Wildman–Crippen LogP) is 5.69. The Balaban J connectivity index is 1.46. The number of allylic oxidation sites excluding steroid dienone is 1. The molecule has 158 valence electrons. The molecule has 0 bridgehead atoms. The molecule has 4 heteroatoms. The highest BCUT2D eigenvalue weighted by atomic mass is 15.3. The standard InChI is InChI=1S/C27H30N4/c1-18(2)23-9-12-26(13-10-23)31-20(4)27(19(3)30-31)24-8-11-25(15-24)29-17-22-7-5-6-21(14-22)16-28/h5-14,18,24-25,29H,15,17H2,1-4H3. The zero-order valence-electron chi connectivity index (χ0n) is 18.8. The van der Waals surface area contributed by atoms with Gasteiger partial charge in [-0.15, -0.1) is 0 Å². The topological polar surface area (TPSA) is 53.6 Å². The van der Waals surface area contributed by atoms with E-state index in [0.717, 1.165) is 29.9 Å². The van der Waals surface area contributed by atoms with Crippen molar-refractivity contribution in [2.24, 2.45) is 0 Å². The van der Waals surface area contributed by atoms with Gasteiger partial charge in [-0.3, -0.25) is 0 Å². The summed E-state index contributed by atoms with van der Waals surface area (Å²) in [5.74, 6) is 0.895. The van der Waals surface area contributed by atoms with Gasteiger partial charge in [-0.05, 0) is 61.6 Å². The largest absolute Gasteiger partial charge is 0.306 e. The van der Waals surface area contributed by atoms with Gasteiger partial charge in [0.05, 0.1) is 23.0 Å². The maximum atomic E-state index is 9.09. The van der Waals surface area contributed by atoms with Crippen LogP contribution in [0.4, 0.5) is 0 Å². The van der Waals surface area contributed by atoms with Gasteiger partial charge >= 0.3 is 0 Å². The Morgan fingerprint density at radius 3 is 2.61 bits per heavy atom. The molecule has 2 atom stereocenters. The van der Waals surface area contributed by atoms with Crippen LogP contribution in [0.3, 0.4) is 0 Å². The summed E-state index contributed by atoms with van der Waals surface area (Å²) in [7, 11) is 0. The fraction of sp³-hybridized carbons (Fsp3) is 0.333. The Morgan fingerprint density at radius 1 is 1.13 bits per heavy atom. The minimum atomic E-state index is 0.322. The van der Waals surface area contributed by atoms with Crippen molar-refractivity contribution >= 4 is 0 Å². The molecule has 0 aliphatic heterocycles. The maximum absolute atomic E-state index is 9.09. The summed E-state index contributed by atoms with van der Waals surface area (Å²) < 4.78 is 2.08. The van der Waals surface area contributed by atoms with Crippen molar-refractivity contribution in [3.63, 3.8) is 0 Å². The van der Waals surface area contributed by atoms with Crippen molar-refractivity contribution in [1.29, 1.82) is 5.26 Å². The molecule has 1 aliphatic rings. The van der Waals surface area contributed by atoms with Gasteiger partial charge in [0.1, 0.15) is 0 Å². The number of aryl methyl sites for hydroxylation is 1. The molecule has 0 saturated heterocycles. The Hall–Kier alpha value is -3.16. The Labute approximate surface area is 185 Å². The fourth-order valence-corrected chi connectivity index (χ4v) is 4.51. The summed E-state index contributed by atoms with van der Waals surface area (Å²) in [6.07, 6.45) is 5.61. The molecule has 2 unspecified atom stereocenters. The number of nitrogens with zero attached hydrogens (tertiary/aromatic N) is 3. The monoisotopic (exact) mass is 410 g/mol. The maximum Gasteiger partial charge on any atom is 0.0991 e. The van der Waals surface area contributed by atoms with E-state index >= 15 is 0 Å². The molecule has 0 amide bonds. The molecule has 0 radical (unpaired) electrons. The first-order valence-electron chi connectivity index (χ1n) is 11.0. The minimum Gasteiger partial charge on any atom is -0.306 e. The fourth-order valence-electron chi connectivity index (χ4n) is 4.51. The van der Waals surface area contributed by atoms with E-state index in [1.165, 1.54) is 16.8 Å².